The van der Waals surface area contributed by atoms with E-state index in [1.54, 1.807) is 24.8 Å². The summed E-state index contributed by atoms with van der Waals surface area (Å²) in [6.45, 7) is 1.65. The summed E-state index contributed by atoms with van der Waals surface area (Å²) in [5.74, 6) is 1.63. The minimum atomic E-state index is 0.209. The number of hydrogen-bond acceptors (Lipinski definition) is 5. The molecule has 1 saturated heterocycles. The highest BCUT2D eigenvalue weighted by Crippen LogP contribution is 2.20. The van der Waals surface area contributed by atoms with Crippen molar-refractivity contribution >= 4 is 5.95 Å². The summed E-state index contributed by atoms with van der Waals surface area (Å²) in [6.07, 6.45) is 7.16. The quantitative estimate of drug-likeness (QED) is 0.788. The fourth-order valence-corrected chi connectivity index (χ4v) is 1.74. The van der Waals surface area contributed by atoms with Crippen LogP contribution in [-0.2, 0) is 0 Å². The lowest BCUT2D eigenvalue weighted by Gasteiger charge is -2.38. The van der Waals surface area contributed by atoms with Gasteiger partial charge in [-0.1, -0.05) is 0 Å². The highest BCUT2D eigenvalue weighted by molar-refractivity contribution is 5.34. The molecule has 0 bridgehead atoms. The standard InChI is InChI=1S/C12H12N4O/c1-4-14-12(15-5-1)16-8-11(9-16)17-10-2-6-13-7-3-10/h1-7,11H,8-9H2. The molecule has 0 aromatic carbocycles. The van der Waals surface area contributed by atoms with Crippen molar-refractivity contribution in [3.05, 3.63) is 43.0 Å². The molecule has 1 aliphatic heterocycles. The van der Waals surface area contributed by atoms with Crippen LogP contribution >= 0.6 is 0 Å². The summed E-state index contributed by atoms with van der Waals surface area (Å²) in [5.41, 5.74) is 0. The number of aromatic nitrogens is 3. The van der Waals surface area contributed by atoms with Gasteiger partial charge < -0.3 is 9.64 Å². The number of hydrogen-bond donors (Lipinski definition) is 0. The van der Waals surface area contributed by atoms with Crippen molar-refractivity contribution in [2.45, 2.75) is 6.10 Å². The molecule has 0 atom stereocenters. The first-order chi connectivity index (χ1) is 8.42. The maximum absolute atomic E-state index is 5.76. The highest BCUT2D eigenvalue weighted by Gasteiger charge is 2.30. The van der Waals surface area contributed by atoms with Gasteiger partial charge in [0.05, 0.1) is 13.1 Å². The van der Waals surface area contributed by atoms with Crippen molar-refractivity contribution in [2.24, 2.45) is 0 Å². The number of rotatable bonds is 3. The van der Waals surface area contributed by atoms with Gasteiger partial charge in [-0.25, -0.2) is 9.97 Å². The van der Waals surface area contributed by atoms with Crippen molar-refractivity contribution < 1.29 is 4.74 Å². The van der Waals surface area contributed by atoms with Crippen LogP contribution in [-0.4, -0.2) is 34.1 Å². The fraction of sp³-hybridized carbons (Fsp3) is 0.250. The average molecular weight is 228 g/mol. The molecule has 5 nitrogen and oxygen atoms in total. The lowest BCUT2D eigenvalue weighted by Crippen LogP contribution is -2.54. The molecule has 0 amide bonds. The second-order valence-electron chi connectivity index (χ2n) is 3.88. The van der Waals surface area contributed by atoms with Crippen LogP contribution in [0.1, 0.15) is 0 Å². The Kier molecular flexibility index (Phi) is 2.57. The molecule has 1 aliphatic rings. The van der Waals surface area contributed by atoms with E-state index < -0.39 is 0 Å². The van der Waals surface area contributed by atoms with Crippen LogP contribution in [0.3, 0.4) is 0 Å². The summed E-state index contributed by atoms with van der Waals surface area (Å²) in [6, 6.07) is 5.54. The van der Waals surface area contributed by atoms with Gasteiger partial charge in [0, 0.05) is 24.8 Å². The third-order valence-corrected chi connectivity index (χ3v) is 2.64. The molecule has 2 aromatic rings. The van der Waals surface area contributed by atoms with E-state index in [1.807, 2.05) is 18.2 Å². The molecular formula is C12H12N4O. The predicted molar refractivity (Wildman–Crippen MR) is 62.9 cm³/mol. The van der Waals surface area contributed by atoms with Crippen molar-refractivity contribution in [3.63, 3.8) is 0 Å². The number of nitrogens with zero attached hydrogens (tertiary/aromatic N) is 4. The first kappa shape index (κ1) is 10.0. The summed E-state index contributed by atoms with van der Waals surface area (Å²) >= 11 is 0. The predicted octanol–water partition coefficient (Wildman–Crippen LogP) is 1.14. The topological polar surface area (TPSA) is 51.1 Å². The zero-order valence-electron chi connectivity index (χ0n) is 9.23. The number of anilines is 1. The van der Waals surface area contributed by atoms with Crippen LogP contribution < -0.4 is 9.64 Å². The Morgan fingerprint density at radius 1 is 1.06 bits per heavy atom. The molecule has 0 spiro atoms. The lowest BCUT2D eigenvalue weighted by molar-refractivity contribution is 0.166. The van der Waals surface area contributed by atoms with Gasteiger partial charge >= 0.3 is 0 Å². The van der Waals surface area contributed by atoms with Crippen LogP contribution in [0, 0.1) is 0 Å². The van der Waals surface area contributed by atoms with Gasteiger partial charge in [-0.05, 0) is 18.2 Å². The van der Waals surface area contributed by atoms with E-state index in [1.165, 1.54) is 0 Å². The Bertz CT molecular complexity index is 470. The molecule has 1 fully saturated rings. The second-order valence-corrected chi connectivity index (χ2v) is 3.88. The summed E-state index contributed by atoms with van der Waals surface area (Å²) < 4.78 is 5.76. The van der Waals surface area contributed by atoms with Crippen LogP contribution in [0.25, 0.3) is 0 Å². The second kappa shape index (κ2) is 4.37. The highest BCUT2D eigenvalue weighted by atomic mass is 16.5. The molecule has 0 unspecified atom stereocenters. The third kappa shape index (κ3) is 2.18. The van der Waals surface area contributed by atoms with E-state index in [4.69, 9.17) is 4.74 Å². The third-order valence-electron chi connectivity index (χ3n) is 2.64. The number of pyridine rings is 1. The Hall–Kier alpha value is -2.17. The van der Waals surface area contributed by atoms with Gasteiger partial charge in [-0.15, -0.1) is 0 Å². The van der Waals surface area contributed by atoms with Gasteiger partial charge in [-0.2, -0.15) is 0 Å². The minimum Gasteiger partial charge on any atom is -0.487 e. The normalized spacial score (nSPS) is 15.4. The van der Waals surface area contributed by atoms with E-state index in [0.717, 1.165) is 24.8 Å². The molecule has 5 heteroatoms. The maximum atomic E-state index is 5.76. The summed E-state index contributed by atoms with van der Waals surface area (Å²) in [4.78, 5) is 14.4. The molecule has 0 aliphatic carbocycles. The SMILES string of the molecule is c1cnc(N2CC(Oc3ccncc3)C2)nc1. The zero-order chi connectivity index (χ0) is 11.5. The molecular weight excluding hydrogens is 216 g/mol. The first-order valence-corrected chi connectivity index (χ1v) is 5.50. The summed E-state index contributed by atoms with van der Waals surface area (Å²) in [5, 5.41) is 0. The van der Waals surface area contributed by atoms with Gasteiger partial charge in [0.2, 0.25) is 5.95 Å². The largest absolute Gasteiger partial charge is 0.487 e. The zero-order valence-corrected chi connectivity index (χ0v) is 9.23. The summed E-state index contributed by atoms with van der Waals surface area (Å²) in [7, 11) is 0. The Labute approximate surface area is 99.1 Å². The van der Waals surface area contributed by atoms with Gasteiger partial charge in [0.25, 0.3) is 0 Å². The molecule has 86 valence electrons. The Balaban J connectivity index is 1.56. The van der Waals surface area contributed by atoms with Crippen LogP contribution in [0.15, 0.2) is 43.0 Å². The Morgan fingerprint density at radius 3 is 2.47 bits per heavy atom. The first-order valence-electron chi connectivity index (χ1n) is 5.50. The molecule has 0 N–H and O–H groups in total. The van der Waals surface area contributed by atoms with Crippen molar-refractivity contribution in [2.75, 3.05) is 18.0 Å². The molecule has 17 heavy (non-hydrogen) atoms. The Morgan fingerprint density at radius 2 is 1.76 bits per heavy atom. The molecule has 2 aromatic heterocycles. The molecule has 3 rings (SSSR count). The monoisotopic (exact) mass is 228 g/mol. The van der Waals surface area contributed by atoms with Crippen molar-refractivity contribution in [3.8, 4) is 5.75 Å². The minimum absolute atomic E-state index is 0.209. The smallest absolute Gasteiger partial charge is 0.225 e. The fourth-order valence-electron chi connectivity index (χ4n) is 1.74. The van der Waals surface area contributed by atoms with Crippen molar-refractivity contribution in [1.82, 2.24) is 15.0 Å². The maximum Gasteiger partial charge on any atom is 0.225 e. The van der Waals surface area contributed by atoms with E-state index in [9.17, 15) is 0 Å². The van der Waals surface area contributed by atoms with Gasteiger partial charge in [0.1, 0.15) is 11.9 Å². The van der Waals surface area contributed by atoms with E-state index in [-0.39, 0.29) is 6.10 Å². The van der Waals surface area contributed by atoms with E-state index in [2.05, 4.69) is 19.9 Å². The number of ether oxygens (including phenoxy) is 1. The lowest BCUT2D eigenvalue weighted by atomic mass is 10.2. The van der Waals surface area contributed by atoms with Crippen LogP contribution in [0.5, 0.6) is 5.75 Å². The molecule has 0 radical (unpaired) electrons. The molecule has 3 heterocycles. The molecule has 0 saturated carbocycles. The van der Waals surface area contributed by atoms with E-state index >= 15 is 0 Å². The van der Waals surface area contributed by atoms with Gasteiger partial charge in [-0.3, -0.25) is 4.98 Å². The average Bonchev–Trinajstić information content (AvgIpc) is 2.36. The van der Waals surface area contributed by atoms with E-state index in [0.29, 0.717) is 0 Å². The van der Waals surface area contributed by atoms with Crippen molar-refractivity contribution in [1.29, 1.82) is 0 Å². The van der Waals surface area contributed by atoms with Crippen LogP contribution in [0.4, 0.5) is 5.95 Å². The van der Waals surface area contributed by atoms with Gasteiger partial charge in [0.15, 0.2) is 0 Å². The van der Waals surface area contributed by atoms with Crippen LogP contribution in [0.2, 0.25) is 0 Å².